The first-order chi connectivity index (χ1) is 10.2. The van der Waals surface area contributed by atoms with Crippen molar-refractivity contribution in [1.82, 2.24) is 29.9 Å². The Morgan fingerprint density at radius 2 is 2.14 bits per heavy atom. The number of hydrogen-bond acceptors (Lipinski definition) is 4. The highest BCUT2D eigenvalue weighted by molar-refractivity contribution is 5.94. The van der Waals surface area contributed by atoms with E-state index >= 15 is 0 Å². The summed E-state index contributed by atoms with van der Waals surface area (Å²) in [4.78, 5) is 17.9. The van der Waals surface area contributed by atoms with Gasteiger partial charge in [0.05, 0.1) is 19.1 Å². The largest absolute Gasteiger partial charge is 0.336 e. The van der Waals surface area contributed by atoms with Crippen LogP contribution in [0.1, 0.15) is 16.1 Å². The van der Waals surface area contributed by atoms with E-state index in [0.29, 0.717) is 12.1 Å². The lowest BCUT2D eigenvalue weighted by atomic mass is 10.2. The van der Waals surface area contributed by atoms with Crippen molar-refractivity contribution in [1.29, 1.82) is 0 Å². The van der Waals surface area contributed by atoms with E-state index in [4.69, 9.17) is 0 Å². The van der Waals surface area contributed by atoms with Crippen LogP contribution in [0.4, 0.5) is 0 Å². The molecule has 3 rings (SSSR count). The fourth-order valence-electron chi connectivity index (χ4n) is 2.02. The molecule has 1 aromatic carbocycles. The molecule has 21 heavy (non-hydrogen) atoms. The van der Waals surface area contributed by atoms with Crippen molar-refractivity contribution in [2.45, 2.75) is 6.54 Å². The SMILES string of the molecule is CN(Cc1cn[nH]n1)C(=O)c1ccc(-n2ccnc2)cc1. The molecular formula is C14H14N6O. The Hall–Kier alpha value is -2.96. The van der Waals surface area contributed by atoms with Crippen LogP contribution in [0.2, 0.25) is 0 Å². The molecule has 0 unspecified atom stereocenters. The van der Waals surface area contributed by atoms with Gasteiger partial charge in [-0.3, -0.25) is 4.79 Å². The van der Waals surface area contributed by atoms with Gasteiger partial charge in [0.2, 0.25) is 0 Å². The molecule has 0 bridgehead atoms. The summed E-state index contributed by atoms with van der Waals surface area (Å²) in [6.07, 6.45) is 6.89. The molecule has 2 heterocycles. The van der Waals surface area contributed by atoms with Gasteiger partial charge in [-0.2, -0.15) is 15.4 Å². The van der Waals surface area contributed by atoms with Crippen molar-refractivity contribution in [2.75, 3.05) is 7.05 Å². The second kappa shape index (κ2) is 5.58. The number of imidazole rings is 1. The van der Waals surface area contributed by atoms with Gasteiger partial charge in [0.1, 0.15) is 5.69 Å². The van der Waals surface area contributed by atoms with Crippen LogP contribution in [0.25, 0.3) is 5.69 Å². The van der Waals surface area contributed by atoms with E-state index in [1.165, 1.54) is 0 Å². The molecule has 7 heteroatoms. The molecule has 7 nitrogen and oxygen atoms in total. The predicted molar refractivity (Wildman–Crippen MR) is 75.7 cm³/mol. The van der Waals surface area contributed by atoms with Gasteiger partial charge >= 0.3 is 0 Å². The topological polar surface area (TPSA) is 79.7 Å². The van der Waals surface area contributed by atoms with Gasteiger partial charge < -0.3 is 9.47 Å². The number of amides is 1. The number of carbonyl (C=O) groups is 1. The van der Waals surface area contributed by atoms with Crippen LogP contribution >= 0.6 is 0 Å². The number of nitrogens with one attached hydrogen (secondary N) is 1. The molecule has 1 N–H and O–H groups in total. The number of rotatable bonds is 4. The van der Waals surface area contributed by atoms with Gasteiger partial charge in [0, 0.05) is 30.7 Å². The maximum absolute atomic E-state index is 12.3. The molecule has 0 saturated heterocycles. The number of hydrogen-bond donors (Lipinski definition) is 1. The van der Waals surface area contributed by atoms with Crippen LogP contribution in [0, 0.1) is 0 Å². The Bertz CT molecular complexity index is 703. The predicted octanol–water partition coefficient (Wildman–Crippen LogP) is 1.26. The summed E-state index contributed by atoms with van der Waals surface area (Å²) in [5, 5.41) is 10.2. The number of H-pyrrole nitrogens is 1. The molecule has 1 amide bonds. The van der Waals surface area contributed by atoms with Gasteiger partial charge in [-0.1, -0.05) is 0 Å². The Kier molecular flexibility index (Phi) is 3.46. The molecule has 0 aliphatic carbocycles. The van der Waals surface area contributed by atoms with Crippen LogP contribution in [-0.2, 0) is 6.54 Å². The highest BCUT2D eigenvalue weighted by Gasteiger charge is 2.13. The molecule has 2 aromatic heterocycles. The minimum Gasteiger partial charge on any atom is -0.336 e. The second-order valence-corrected chi connectivity index (χ2v) is 4.64. The lowest BCUT2D eigenvalue weighted by Crippen LogP contribution is -2.26. The Labute approximate surface area is 121 Å². The first-order valence-corrected chi connectivity index (χ1v) is 6.42. The number of benzene rings is 1. The molecule has 0 spiro atoms. The van der Waals surface area contributed by atoms with Gasteiger partial charge in [0.15, 0.2) is 0 Å². The van der Waals surface area contributed by atoms with E-state index in [2.05, 4.69) is 20.4 Å². The fourth-order valence-corrected chi connectivity index (χ4v) is 2.02. The zero-order valence-corrected chi connectivity index (χ0v) is 11.5. The van der Waals surface area contributed by atoms with Crippen LogP contribution in [0.5, 0.6) is 0 Å². The number of aromatic amines is 1. The average molecular weight is 282 g/mol. The third kappa shape index (κ3) is 2.81. The Balaban J connectivity index is 1.72. The molecule has 0 fully saturated rings. The third-order valence-electron chi connectivity index (χ3n) is 3.13. The van der Waals surface area contributed by atoms with Crippen LogP contribution in [0.15, 0.2) is 49.2 Å². The summed E-state index contributed by atoms with van der Waals surface area (Å²) in [5.74, 6) is -0.0600. The normalized spacial score (nSPS) is 10.5. The second-order valence-electron chi connectivity index (χ2n) is 4.64. The minimum absolute atomic E-state index is 0.0600. The van der Waals surface area contributed by atoms with Crippen molar-refractivity contribution in [3.05, 3.63) is 60.4 Å². The Morgan fingerprint density at radius 3 is 2.76 bits per heavy atom. The van der Waals surface area contributed by atoms with Gasteiger partial charge in [0.25, 0.3) is 5.91 Å². The number of carbonyl (C=O) groups excluding carboxylic acids is 1. The lowest BCUT2D eigenvalue weighted by molar-refractivity contribution is 0.0783. The summed E-state index contributed by atoms with van der Waals surface area (Å²) in [7, 11) is 1.74. The lowest BCUT2D eigenvalue weighted by Gasteiger charge is -2.15. The average Bonchev–Trinajstić information content (AvgIpc) is 3.20. The highest BCUT2D eigenvalue weighted by Crippen LogP contribution is 2.11. The molecule has 0 radical (unpaired) electrons. The first-order valence-electron chi connectivity index (χ1n) is 6.42. The quantitative estimate of drug-likeness (QED) is 0.781. The summed E-state index contributed by atoms with van der Waals surface area (Å²) >= 11 is 0. The number of nitrogens with zero attached hydrogens (tertiary/aromatic N) is 5. The van der Waals surface area contributed by atoms with E-state index in [0.717, 1.165) is 11.4 Å². The van der Waals surface area contributed by atoms with E-state index in [9.17, 15) is 4.79 Å². The highest BCUT2D eigenvalue weighted by atomic mass is 16.2. The van der Waals surface area contributed by atoms with E-state index in [1.54, 1.807) is 42.8 Å². The van der Waals surface area contributed by atoms with Crippen molar-refractivity contribution in [3.63, 3.8) is 0 Å². The van der Waals surface area contributed by atoms with E-state index in [1.807, 2.05) is 22.9 Å². The zero-order chi connectivity index (χ0) is 14.7. The van der Waals surface area contributed by atoms with Gasteiger partial charge in [-0.05, 0) is 24.3 Å². The van der Waals surface area contributed by atoms with Crippen LogP contribution < -0.4 is 0 Å². The maximum atomic E-state index is 12.3. The Morgan fingerprint density at radius 1 is 1.33 bits per heavy atom. The molecular weight excluding hydrogens is 268 g/mol. The smallest absolute Gasteiger partial charge is 0.253 e. The van der Waals surface area contributed by atoms with E-state index < -0.39 is 0 Å². The molecule has 0 aliphatic heterocycles. The molecule has 0 saturated carbocycles. The van der Waals surface area contributed by atoms with Crippen molar-refractivity contribution < 1.29 is 4.79 Å². The zero-order valence-electron chi connectivity index (χ0n) is 11.5. The standard InChI is InChI=1S/C14H14N6O/c1-19(9-12-8-16-18-17-12)14(21)11-2-4-13(5-3-11)20-7-6-15-10-20/h2-8,10H,9H2,1H3,(H,16,17,18). The minimum atomic E-state index is -0.0600. The van der Waals surface area contributed by atoms with Crippen molar-refractivity contribution in [3.8, 4) is 5.69 Å². The summed E-state index contributed by atoms with van der Waals surface area (Å²) in [6.45, 7) is 0.415. The monoisotopic (exact) mass is 282 g/mol. The molecule has 0 atom stereocenters. The van der Waals surface area contributed by atoms with Crippen molar-refractivity contribution >= 4 is 5.91 Å². The number of aromatic nitrogens is 5. The van der Waals surface area contributed by atoms with Crippen molar-refractivity contribution in [2.24, 2.45) is 0 Å². The molecule has 106 valence electrons. The fraction of sp³-hybridized carbons (Fsp3) is 0.143. The summed E-state index contributed by atoms with van der Waals surface area (Å²) in [6, 6.07) is 7.38. The summed E-state index contributed by atoms with van der Waals surface area (Å²) in [5.41, 5.74) is 2.31. The summed E-state index contributed by atoms with van der Waals surface area (Å²) < 4.78 is 1.88. The van der Waals surface area contributed by atoms with Gasteiger partial charge in [-0.25, -0.2) is 4.98 Å². The molecule has 3 aromatic rings. The van der Waals surface area contributed by atoms with Gasteiger partial charge in [-0.15, -0.1) is 0 Å². The maximum Gasteiger partial charge on any atom is 0.253 e. The van der Waals surface area contributed by atoms with E-state index in [-0.39, 0.29) is 5.91 Å². The third-order valence-corrected chi connectivity index (χ3v) is 3.13. The molecule has 0 aliphatic rings. The first kappa shape index (κ1) is 13.0. The van der Waals surface area contributed by atoms with Crippen LogP contribution in [-0.4, -0.2) is 42.8 Å². The van der Waals surface area contributed by atoms with Crippen LogP contribution in [0.3, 0.4) is 0 Å².